The maximum Gasteiger partial charge on any atom is 0.251 e. The number of nitrogens with two attached hydrogens (primary N) is 1. The molecule has 1 amide bonds. The Labute approximate surface area is 141 Å². The van der Waals surface area contributed by atoms with E-state index in [9.17, 15) is 13.2 Å². The van der Waals surface area contributed by atoms with Crippen LogP contribution in [0.5, 0.6) is 0 Å². The van der Waals surface area contributed by atoms with Crippen LogP contribution in [0.2, 0.25) is 0 Å². The highest BCUT2D eigenvalue weighted by molar-refractivity contribution is 7.88. The van der Waals surface area contributed by atoms with E-state index in [0.29, 0.717) is 11.1 Å². The van der Waals surface area contributed by atoms with E-state index in [1.165, 1.54) is 0 Å². The molecule has 0 saturated heterocycles. The molecule has 1 fully saturated rings. The first-order valence-corrected chi connectivity index (χ1v) is 9.57. The van der Waals surface area contributed by atoms with Gasteiger partial charge in [-0.25, -0.2) is 13.6 Å². The Balaban J connectivity index is 1.75. The lowest BCUT2D eigenvalue weighted by Gasteiger charge is -2.43. The number of carbonyl (C=O) groups is 1. The topological polar surface area (TPSA) is 89.3 Å². The van der Waals surface area contributed by atoms with Gasteiger partial charge in [0.25, 0.3) is 5.91 Å². The molecular weight excluding hydrogens is 324 g/mol. The summed E-state index contributed by atoms with van der Waals surface area (Å²) in [6, 6.07) is 16.5. The zero-order chi connectivity index (χ0) is 17.2. The lowest BCUT2D eigenvalue weighted by Crippen LogP contribution is -2.50. The summed E-state index contributed by atoms with van der Waals surface area (Å²) in [7, 11) is -3.57. The first-order chi connectivity index (χ1) is 11.4. The molecule has 1 aliphatic carbocycles. The van der Waals surface area contributed by atoms with Crippen molar-refractivity contribution in [3.05, 3.63) is 71.3 Å². The van der Waals surface area contributed by atoms with Gasteiger partial charge in [0, 0.05) is 5.56 Å². The highest BCUT2D eigenvalue weighted by Gasteiger charge is 2.39. The van der Waals surface area contributed by atoms with Crippen molar-refractivity contribution in [2.75, 3.05) is 0 Å². The highest BCUT2D eigenvalue weighted by Crippen LogP contribution is 2.41. The van der Waals surface area contributed by atoms with Crippen molar-refractivity contribution in [3.63, 3.8) is 0 Å². The Bertz CT molecular complexity index is 826. The maximum absolute atomic E-state index is 12.6. The quantitative estimate of drug-likeness (QED) is 0.872. The predicted octanol–water partition coefficient (Wildman–Crippen LogP) is 2.28. The molecule has 0 aliphatic heterocycles. The van der Waals surface area contributed by atoms with Gasteiger partial charge in [-0.05, 0) is 42.5 Å². The van der Waals surface area contributed by atoms with Crippen LogP contribution in [0.15, 0.2) is 54.6 Å². The standard InChI is InChI=1S/C18H20N2O3S/c19-24(22,23)13-14-7-9-15(10-8-14)17(21)20-18(11-4-12-18)16-5-2-1-3-6-16/h1-3,5-10H,4,11-13H2,(H,20,21)(H2,19,22,23). The highest BCUT2D eigenvalue weighted by atomic mass is 32.2. The minimum Gasteiger partial charge on any atom is -0.343 e. The summed E-state index contributed by atoms with van der Waals surface area (Å²) in [5.74, 6) is -0.385. The maximum atomic E-state index is 12.6. The molecule has 1 saturated carbocycles. The number of primary sulfonamides is 1. The molecule has 3 rings (SSSR count). The van der Waals surface area contributed by atoms with Crippen LogP contribution >= 0.6 is 0 Å². The third-order valence-electron chi connectivity index (χ3n) is 4.47. The minimum atomic E-state index is -3.57. The molecule has 1 aliphatic rings. The monoisotopic (exact) mass is 344 g/mol. The van der Waals surface area contributed by atoms with Crippen molar-refractivity contribution < 1.29 is 13.2 Å². The molecule has 5 nitrogen and oxygen atoms in total. The molecule has 2 aromatic rings. The van der Waals surface area contributed by atoms with Gasteiger partial charge in [-0.2, -0.15) is 0 Å². The Morgan fingerprint density at radius 1 is 1.04 bits per heavy atom. The van der Waals surface area contributed by atoms with E-state index in [4.69, 9.17) is 5.14 Å². The second-order valence-corrected chi connectivity index (χ2v) is 7.87. The Morgan fingerprint density at radius 2 is 1.67 bits per heavy atom. The van der Waals surface area contributed by atoms with Gasteiger partial charge < -0.3 is 5.32 Å². The molecule has 3 N–H and O–H groups in total. The predicted molar refractivity (Wildman–Crippen MR) is 92.7 cm³/mol. The summed E-state index contributed by atoms with van der Waals surface area (Å²) in [4.78, 5) is 12.6. The van der Waals surface area contributed by atoms with E-state index in [1.807, 2.05) is 30.3 Å². The van der Waals surface area contributed by atoms with Gasteiger partial charge in [0.15, 0.2) is 0 Å². The average molecular weight is 344 g/mol. The van der Waals surface area contributed by atoms with Crippen LogP contribution in [0.3, 0.4) is 0 Å². The van der Waals surface area contributed by atoms with Crippen molar-refractivity contribution >= 4 is 15.9 Å². The number of sulfonamides is 1. The molecule has 126 valence electrons. The zero-order valence-corrected chi connectivity index (χ0v) is 14.1. The first-order valence-electron chi connectivity index (χ1n) is 7.85. The molecule has 0 aromatic heterocycles. The lowest BCUT2D eigenvalue weighted by atomic mass is 9.71. The fraction of sp³-hybridized carbons (Fsp3) is 0.278. The van der Waals surface area contributed by atoms with Gasteiger partial charge in [0.05, 0.1) is 11.3 Å². The second kappa shape index (κ2) is 6.37. The molecule has 0 bridgehead atoms. The minimum absolute atomic E-state index is 0.152. The second-order valence-electron chi connectivity index (χ2n) is 6.26. The molecule has 0 heterocycles. The van der Waals surface area contributed by atoms with E-state index in [1.54, 1.807) is 24.3 Å². The summed E-state index contributed by atoms with van der Waals surface area (Å²) in [6.45, 7) is 0. The smallest absolute Gasteiger partial charge is 0.251 e. The van der Waals surface area contributed by atoms with E-state index >= 15 is 0 Å². The van der Waals surface area contributed by atoms with Crippen molar-refractivity contribution in [2.45, 2.75) is 30.6 Å². The van der Waals surface area contributed by atoms with Crippen molar-refractivity contribution in [2.24, 2.45) is 5.14 Å². The molecule has 0 radical (unpaired) electrons. The van der Waals surface area contributed by atoms with Crippen molar-refractivity contribution in [1.29, 1.82) is 0 Å². The number of benzene rings is 2. The van der Waals surface area contributed by atoms with Gasteiger partial charge in [-0.1, -0.05) is 42.5 Å². The average Bonchev–Trinajstić information content (AvgIpc) is 2.51. The van der Waals surface area contributed by atoms with Crippen LogP contribution < -0.4 is 10.5 Å². The summed E-state index contributed by atoms with van der Waals surface area (Å²) >= 11 is 0. The van der Waals surface area contributed by atoms with Crippen molar-refractivity contribution in [1.82, 2.24) is 5.32 Å². The SMILES string of the molecule is NS(=O)(=O)Cc1ccc(C(=O)NC2(c3ccccc3)CCC2)cc1. The van der Waals surface area contributed by atoms with Crippen LogP contribution in [0.1, 0.15) is 40.7 Å². The van der Waals surface area contributed by atoms with Crippen molar-refractivity contribution in [3.8, 4) is 0 Å². The molecule has 0 unspecified atom stereocenters. The van der Waals surface area contributed by atoms with Crippen LogP contribution in [-0.2, 0) is 21.3 Å². The first kappa shape index (κ1) is 16.7. The molecule has 0 atom stereocenters. The number of rotatable bonds is 5. The lowest BCUT2D eigenvalue weighted by molar-refractivity contribution is 0.0823. The summed E-state index contributed by atoms with van der Waals surface area (Å²) in [6.07, 6.45) is 2.93. The van der Waals surface area contributed by atoms with E-state index in [2.05, 4.69) is 5.32 Å². The van der Waals surface area contributed by atoms with E-state index in [0.717, 1.165) is 24.8 Å². The van der Waals surface area contributed by atoms with Gasteiger partial charge >= 0.3 is 0 Å². The molecular formula is C18H20N2O3S. The van der Waals surface area contributed by atoms with Crippen LogP contribution in [0.25, 0.3) is 0 Å². The fourth-order valence-corrected chi connectivity index (χ4v) is 3.70. The van der Waals surface area contributed by atoms with Gasteiger partial charge in [-0.15, -0.1) is 0 Å². The van der Waals surface area contributed by atoms with E-state index in [-0.39, 0.29) is 17.2 Å². The summed E-state index contributed by atoms with van der Waals surface area (Å²) < 4.78 is 22.2. The third kappa shape index (κ3) is 3.66. The number of amides is 1. The molecule has 2 aromatic carbocycles. The Hall–Kier alpha value is -2.18. The number of hydrogen-bond donors (Lipinski definition) is 2. The van der Waals surface area contributed by atoms with Crippen LogP contribution in [0, 0.1) is 0 Å². The number of hydrogen-bond acceptors (Lipinski definition) is 3. The summed E-state index contributed by atoms with van der Waals surface area (Å²) in [5.41, 5.74) is 1.90. The van der Waals surface area contributed by atoms with Gasteiger partial charge in [0.2, 0.25) is 10.0 Å². The van der Waals surface area contributed by atoms with Gasteiger partial charge in [0.1, 0.15) is 0 Å². The van der Waals surface area contributed by atoms with Crippen LogP contribution in [0.4, 0.5) is 0 Å². The molecule has 24 heavy (non-hydrogen) atoms. The van der Waals surface area contributed by atoms with Crippen LogP contribution in [-0.4, -0.2) is 14.3 Å². The zero-order valence-electron chi connectivity index (χ0n) is 13.2. The Kier molecular flexibility index (Phi) is 4.43. The fourth-order valence-electron chi connectivity index (χ4n) is 3.05. The third-order valence-corrected chi connectivity index (χ3v) is 5.21. The van der Waals surface area contributed by atoms with Gasteiger partial charge in [-0.3, -0.25) is 4.79 Å². The number of carbonyl (C=O) groups excluding carboxylic acids is 1. The summed E-state index contributed by atoms with van der Waals surface area (Å²) in [5, 5.41) is 8.18. The normalized spacial score (nSPS) is 16.2. The molecule has 0 spiro atoms. The Morgan fingerprint density at radius 3 is 2.17 bits per heavy atom. The number of nitrogens with one attached hydrogen (secondary N) is 1. The van der Waals surface area contributed by atoms with E-state index < -0.39 is 10.0 Å². The largest absolute Gasteiger partial charge is 0.343 e. The molecule has 6 heteroatoms.